The van der Waals surface area contributed by atoms with E-state index in [4.69, 9.17) is 17.4 Å². The first kappa shape index (κ1) is 12.2. The van der Waals surface area contributed by atoms with E-state index < -0.39 is 0 Å². The van der Waals surface area contributed by atoms with Gasteiger partial charge in [-0.3, -0.25) is 5.10 Å². The monoisotopic (exact) mass is 270 g/mol. The third-order valence-electron chi connectivity index (χ3n) is 1.98. The fourth-order valence-corrected chi connectivity index (χ4v) is 2.23. The molecule has 90 valence electrons. The van der Waals surface area contributed by atoms with Crippen LogP contribution in [-0.2, 0) is 5.75 Å². The van der Waals surface area contributed by atoms with Gasteiger partial charge in [0.05, 0.1) is 10.7 Å². The molecule has 0 aliphatic carbocycles. The second-order valence-electron chi connectivity index (χ2n) is 3.26. The van der Waals surface area contributed by atoms with Crippen molar-refractivity contribution in [2.45, 2.75) is 17.8 Å². The summed E-state index contributed by atoms with van der Waals surface area (Å²) in [7, 11) is 0. The van der Waals surface area contributed by atoms with Gasteiger partial charge in [-0.2, -0.15) is 0 Å². The third kappa shape index (κ3) is 3.09. The van der Waals surface area contributed by atoms with Crippen LogP contribution in [0.15, 0.2) is 17.3 Å². The van der Waals surface area contributed by atoms with E-state index in [1.807, 2.05) is 6.92 Å². The second-order valence-corrected chi connectivity index (χ2v) is 4.61. The molecule has 0 bridgehead atoms. The number of nitrogens with one attached hydrogen (secondary N) is 2. The first-order chi connectivity index (χ1) is 8.19. The summed E-state index contributed by atoms with van der Waals surface area (Å²) < 4.78 is 0. The summed E-state index contributed by atoms with van der Waals surface area (Å²) in [5.74, 6) is 7.24. The van der Waals surface area contributed by atoms with Crippen LogP contribution in [0.2, 0.25) is 5.02 Å². The lowest BCUT2D eigenvalue weighted by Crippen LogP contribution is -2.09. The maximum absolute atomic E-state index is 6.03. The smallest absolute Gasteiger partial charge is 0.208 e. The number of nitrogen functional groups attached to an aromatic ring is 1. The summed E-state index contributed by atoms with van der Waals surface area (Å²) >= 11 is 7.49. The van der Waals surface area contributed by atoms with Gasteiger partial charge in [0.15, 0.2) is 0 Å². The molecule has 0 atom stereocenters. The van der Waals surface area contributed by atoms with Gasteiger partial charge in [0.1, 0.15) is 11.6 Å². The molecule has 0 aromatic carbocycles. The second kappa shape index (κ2) is 5.35. The highest BCUT2D eigenvalue weighted by molar-refractivity contribution is 7.98. The number of hydrazine groups is 1. The van der Waals surface area contributed by atoms with E-state index in [0.29, 0.717) is 21.7 Å². The van der Waals surface area contributed by atoms with E-state index in [1.54, 1.807) is 12.1 Å². The van der Waals surface area contributed by atoms with Crippen LogP contribution in [0.5, 0.6) is 0 Å². The zero-order chi connectivity index (χ0) is 12.3. The predicted molar refractivity (Wildman–Crippen MR) is 67.7 cm³/mol. The molecular weight excluding hydrogens is 260 g/mol. The van der Waals surface area contributed by atoms with Crippen LogP contribution >= 0.6 is 23.4 Å². The summed E-state index contributed by atoms with van der Waals surface area (Å²) in [4.78, 5) is 8.44. The van der Waals surface area contributed by atoms with Crippen molar-refractivity contribution in [3.8, 4) is 0 Å². The number of halogens is 1. The van der Waals surface area contributed by atoms with Crippen LogP contribution in [0.4, 0.5) is 5.82 Å². The SMILES string of the molecule is Cc1nc(SCc2nc(NN)ccc2Cl)n[nH]1. The minimum absolute atomic E-state index is 0.580. The Balaban J connectivity index is 2.07. The molecule has 2 rings (SSSR count). The summed E-state index contributed by atoms with van der Waals surface area (Å²) in [6, 6.07) is 3.47. The maximum atomic E-state index is 6.03. The summed E-state index contributed by atoms with van der Waals surface area (Å²) in [6.07, 6.45) is 0. The summed E-state index contributed by atoms with van der Waals surface area (Å²) in [5, 5.41) is 8.07. The number of nitrogens with two attached hydrogens (primary N) is 1. The van der Waals surface area contributed by atoms with E-state index in [0.717, 1.165) is 11.5 Å². The van der Waals surface area contributed by atoms with Crippen molar-refractivity contribution in [2.24, 2.45) is 5.84 Å². The van der Waals surface area contributed by atoms with Crippen LogP contribution in [0.3, 0.4) is 0 Å². The number of aromatic nitrogens is 4. The number of anilines is 1. The predicted octanol–water partition coefficient (Wildman–Crippen LogP) is 1.74. The molecular formula is C9H11ClN6S. The normalized spacial score (nSPS) is 10.5. The van der Waals surface area contributed by atoms with Crippen molar-refractivity contribution < 1.29 is 0 Å². The molecule has 0 aliphatic heterocycles. The Morgan fingerprint density at radius 3 is 2.94 bits per heavy atom. The molecule has 0 amide bonds. The van der Waals surface area contributed by atoms with Gasteiger partial charge in [-0.1, -0.05) is 23.4 Å². The van der Waals surface area contributed by atoms with Gasteiger partial charge in [-0.05, 0) is 19.1 Å². The Morgan fingerprint density at radius 2 is 2.29 bits per heavy atom. The zero-order valence-electron chi connectivity index (χ0n) is 9.07. The van der Waals surface area contributed by atoms with Gasteiger partial charge >= 0.3 is 0 Å². The lowest BCUT2D eigenvalue weighted by atomic mass is 10.4. The number of aryl methyl sites for hydroxylation is 1. The molecule has 2 heterocycles. The number of pyridine rings is 1. The number of hydrogen-bond donors (Lipinski definition) is 3. The lowest BCUT2D eigenvalue weighted by Gasteiger charge is -2.04. The first-order valence-corrected chi connectivity index (χ1v) is 6.19. The number of aromatic amines is 1. The number of H-pyrrole nitrogens is 1. The molecule has 0 radical (unpaired) electrons. The maximum Gasteiger partial charge on any atom is 0.208 e. The molecule has 2 aromatic rings. The topological polar surface area (TPSA) is 92.5 Å². The Kier molecular flexibility index (Phi) is 3.82. The largest absolute Gasteiger partial charge is 0.308 e. The van der Waals surface area contributed by atoms with Crippen LogP contribution < -0.4 is 11.3 Å². The minimum Gasteiger partial charge on any atom is -0.308 e. The van der Waals surface area contributed by atoms with Crippen molar-refractivity contribution in [3.63, 3.8) is 0 Å². The van der Waals surface area contributed by atoms with Crippen molar-refractivity contribution >= 4 is 29.2 Å². The zero-order valence-corrected chi connectivity index (χ0v) is 10.6. The molecule has 0 saturated heterocycles. The van der Waals surface area contributed by atoms with E-state index in [2.05, 4.69) is 25.6 Å². The van der Waals surface area contributed by atoms with Crippen LogP contribution in [0.1, 0.15) is 11.5 Å². The van der Waals surface area contributed by atoms with E-state index >= 15 is 0 Å². The Bertz CT molecular complexity index is 514. The average Bonchev–Trinajstić information content (AvgIpc) is 2.74. The van der Waals surface area contributed by atoms with Crippen LogP contribution in [0, 0.1) is 6.92 Å². The number of rotatable bonds is 4. The van der Waals surface area contributed by atoms with Crippen molar-refractivity contribution in [1.82, 2.24) is 20.2 Å². The quantitative estimate of drug-likeness (QED) is 0.445. The molecule has 0 spiro atoms. The molecule has 0 fully saturated rings. The average molecular weight is 271 g/mol. The van der Waals surface area contributed by atoms with Gasteiger partial charge < -0.3 is 5.43 Å². The molecule has 8 heteroatoms. The fourth-order valence-electron chi connectivity index (χ4n) is 1.19. The summed E-state index contributed by atoms with van der Waals surface area (Å²) in [5.41, 5.74) is 3.23. The Morgan fingerprint density at radius 1 is 1.47 bits per heavy atom. The van der Waals surface area contributed by atoms with Crippen molar-refractivity contribution in [2.75, 3.05) is 5.43 Å². The molecule has 2 aromatic heterocycles. The van der Waals surface area contributed by atoms with E-state index in [1.165, 1.54) is 11.8 Å². The minimum atomic E-state index is 0.580. The Hall–Kier alpha value is -1.31. The van der Waals surface area contributed by atoms with Gasteiger partial charge in [0.25, 0.3) is 0 Å². The third-order valence-corrected chi connectivity index (χ3v) is 3.18. The van der Waals surface area contributed by atoms with Crippen LogP contribution in [0.25, 0.3) is 0 Å². The standard InChI is InChI=1S/C9H11ClN6S/c1-5-12-9(16-15-5)17-4-7-6(10)2-3-8(13-7)14-11/h2-3H,4,11H2,1H3,(H,13,14)(H,12,15,16). The van der Waals surface area contributed by atoms with Crippen LogP contribution in [-0.4, -0.2) is 20.2 Å². The highest BCUT2D eigenvalue weighted by Crippen LogP contribution is 2.24. The van der Waals surface area contributed by atoms with Gasteiger partial charge in [-0.15, -0.1) is 5.10 Å². The van der Waals surface area contributed by atoms with Gasteiger partial charge in [0.2, 0.25) is 5.16 Å². The van der Waals surface area contributed by atoms with E-state index in [-0.39, 0.29) is 0 Å². The van der Waals surface area contributed by atoms with Crippen molar-refractivity contribution in [1.29, 1.82) is 0 Å². The van der Waals surface area contributed by atoms with Gasteiger partial charge in [0, 0.05) is 5.75 Å². The molecule has 6 nitrogen and oxygen atoms in total. The number of hydrogen-bond acceptors (Lipinski definition) is 6. The molecule has 17 heavy (non-hydrogen) atoms. The fraction of sp³-hybridized carbons (Fsp3) is 0.222. The highest BCUT2D eigenvalue weighted by Gasteiger charge is 2.07. The number of thioether (sulfide) groups is 1. The first-order valence-electron chi connectivity index (χ1n) is 4.83. The Labute approximate surface area is 107 Å². The van der Waals surface area contributed by atoms with Gasteiger partial charge in [-0.25, -0.2) is 15.8 Å². The highest BCUT2D eigenvalue weighted by atomic mass is 35.5. The van der Waals surface area contributed by atoms with Crippen molar-refractivity contribution in [3.05, 3.63) is 28.7 Å². The molecule has 0 aliphatic rings. The van der Waals surface area contributed by atoms with E-state index in [9.17, 15) is 0 Å². The summed E-state index contributed by atoms with van der Waals surface area (Å²) in [6.45, 7) is 1.85. The molecule has 4 N–H and O–H groups in total. The lowest BCUT2D eigenvalue weighted by molar-refractivity contribution is 0.967. The number of nitrogens with zero attached hydrogens (tertiary/aromatic N) is 3. The molecule has 0 saturated carbocycles. The molecule has 0 unspecified atom stereocenters.